The summed E-state index contributed by atoms with van der Waals surface area (Å²) in [5.74, 6) is 2.41. The van der Waals surface area contributed by atoms with Gasteiger partial charge < -0.3 is 8.98 Å². The van der Waals surface area contributed by atoms with Crippen molar-refractivity contribution >= 4 is 0 Å². The van der Waals surface area contributed by atoms with Crippen molar-refractivity contribution in [3.05, 3.63) is 54.6 Å². The summed E-state index contributed by atoms with van der Waals surface area (Å²) < 4.78 is 7.40. The van der Waals surface area contributed by atoms with Crippen molar-refractivity contribution in [2.24, 2.45) is 7.05 Å². The van der Waals surface area contributed by atoms with Gasteiger partial charge in [0.2, 0.25) is 0 Å². The largest absolute Gasteiger partial charge is 0.461 e. The zero-order valence-electron chi connectivity index (χ0n) is 13.1. The van der Waals surface area contributed by atoms with E-state index in [1.54, 1.807) is 6.26 Å². The van der Waals surface area contributed by atoms with E-state index >= 15 is 0 Å². The van der Waals surface area contributed by atoms with Gasteiger partial charge in [-0.25, -0.2) is 15.0 Å². The van der Waals surface area contributed by atoms with Gasteiger partial charge in [0.1, 0.15) is 5.82 Å². The molecule has 3 aromatic rings. The van der Waals surface area contributed by atoms with Crippen LogP contribution < -0.4 is 0 Å². The average molecular weight is 309 g/mol. The standard InChI is InChI=1S/C17H19N5O/c1-21-7-6-18-16(21)12-22(14-4-5-14)11-13-9-19-17(20-10-13)15-3-2-8-23-15/h2-3,6-10,14H,4-5,11-12H2,1H3. The van der Waals surface area contributed by atoms with Crippen LogP contribution in [0.2, 0.25) is 0 Å². The van der Waals surface area contributed by atoms with Gasteiger partial charge in [0.15, 0.2) is 11.6 Å². The highest BCUT2D eigenvalue weighted by atomic mass is 16.3. The number of hydrogen-bond donors (Lipinski definition) is 0. The Labute approximate surface area is 134 Å². The van der Waals surface area contributed by atoms with Crippen LogP contribution in [0.5, 0.6) is 0 Å². The van der Waals surface area contributed by atoms with Gasteiger partial charge in [-0.05, 0) is 25.0 Å². The lowest BCUT2D eigenvalue weighted by molar-refractivity contribution is 0.236. The van der Waals surface area contributed by atoms with E-state index in [9.17, 15) is 0 Å². The van der Waals surface area contributed by atoms with Gasteiger partial charge in [-0.3, -0.25) is 4.90 Å². The zero-order valence-corrected chi connectivity index (χ0v) is 13.1. The molecule has 0 atom stereocenters. The van der Waals surface area contributed by atoms with Crippen LogP contribution in [-0.2, 0) is 20.1 Å². The molecule has 1 aliphatic rings. The number of rotatable bonds is 6. The summed E-state index contributed by atoms with van der Waals surface area (Å²) in [6, 6.07) is 4.36. The summed E-state index contributed by atoms with van der Waals surface area (Å²) in [5.41, 5.74) is 1.11. The number of imidazole rings is 1. The minimum atomic E-state index is 0.626. The van der Waals surface area contributed by atoms with E-state index in [-0.39, 0.29) is 0 Å². The van der Waals surface area contributed by atoms with Gasteiger partial charge in [0, 0.05) is 50.0 Å². The van der Waals surface area contributed by atoms with Crippen LogP contribution >= 0.6 is 0 Å². The zero-order chi connectivity index (χ0) is 15.6. The minimum Gasteiger partial charge on any atom is -0.461 e. The highest BCUT2D eigenvalue weighted by molar-refractivity contribution is 5.45. The normalized spacial score (nSPS) is 14.5. The molecule has 0 bridgehead atoms. The van der Waals surface area contributed by atoms with Crippen molar-refractivity contribution < 1.29 is 4.42 Å². The number of furan rings is 1. The molecule has 0 aliphatic heterocycles. The van der Waals surface area contributed by atoms with Gasteiger partial charge in [-0.15, -0.1) is 0 Å². The van der Waals surface area contributed by atoms with Gasteiger partial charge >= 0.3 is 0 Å². The Hall–Kier alpha value is -2.47. The second-order valence-corrected chi connectivity index (χ2v) is 5.98. The molecule has 3 heterocycles. The first kappa shape index (κ1) is 14.1. The number of hydrogen-bond acceptors (Lipinski definition) is 5. The van der Waals surface area contributed by atoms with Crippen LogP contribution in [0.1, 0.15) is 24.2 Å². The maximum Gasteiger partial charge on any atom is 0.195 e. The predicted molar refractivity (Wildman–Crippen MR) is 85.2 cm³/mol. The van der Waals surface area contributed by atoms with E-state index in [0.717, 1.165) is 24.5 Å². The molecule has 0 amide bonds. The van der Waals surface area contributed by atoms with Gasteiger partial charge in [0.05, 0.1) is 12.8 Å². The van der Waals surface area contributed by atoms with E-state index < -0.39 is 0 Å². The SMILES string of the molecule is Cn1ccnc1CN(Cc1cnc(-c2ccco2)nc1)C1CC1. The highest BCUT2D eigenvalue weighted by Crippen LogP contribution is 2.29. The van der Waals surface area contributed by atoms with Crippen LogP contribution in [0.4, 0.5) is 0 Å². The van der Waals surface area contributed by atoms with Crippen molar-refractivity contribution in [3.8, 4) is 11.6 Å². The first-order valence-corrected chi connectivity index (χ1v) is 7.84. The Kier molecular flexibility index (Phi) is 3.67. The van der Waals surface area contributed by atoms with E-state index in [0.29, 0.717) is 17.6 Å². The average Bonchev–Trinajstić information content (AvgIpc) is 3.11. The van der Waals surface area contributed by atoms with Gasteiger partial charge in [0.25, 0.3) is 0 Å². The molecule has 4 rings (SSSR count). The summed E-state index contributed by atoms with van der Waals surface area (Å²) in [6.07, 6.45) is 11.8. The summed E-state index contributed by atoms with van der Waals surface area (Å²) in [6.45, 7) is 1.70. The maximum atomic E-state index is 5.33. The van der Waals surface area contributed by atoms with E-state index in [2.05, 4.69) is 24.4 Å². The molecule has 0 N–H and O–H groups in total. The van der Waals surface area contributed by atoms with E-state index in [1.807, 2.05) is 44.0 Å². The summed E-state index contributed by atoms with van der Waals surface area (Å²) >= 11 is 0. The third-order valence-electron chi connectivity index (χ3n) is 4.16. The molecular formula is C17H19N5O. The van der Waals surface area contributed by atoms with Crippen molar-refractivity contribution in [2.75, 3.05) is 0 Å². The van der Waals surface area contributed by atoms with Crippen LogP contribution in [0, 0.1) is 0 Å². The fourth-order valence-electron chi connectivity index (χ4n) is 2.69. The molecule has 3 aromatic heterocycles. The summed E-state index contributed by atoms with van der Waals surface area (Å²) in [4.78, 5) is 15.7. The Morgan fingerprint density at radius 3 is 2.65 bits per heavy atom. The third kappa shape index (κ3) is 3.17. The molecule has 1 saturated carbocycles. The Morgan fingerprint density at radius 2 is 2.04 bits per heavy atom. The molecule has 0 aromatic carbocycles. The highest BCUT2D eigenvalue weighted by Gasteiger charge is 2.29. The van der Waals surface area contributed by atoms with Crippen molar-refractivity contribution in [3.63, 3.8) is 0 Å². The fourth-order valence-corrected chi connectivity index (χ4v) is 2.69. The Balaban J connectivity index is 1.47. The minimum absolute atomic E-state index is 0.626. The van der Waals surface area contributed by atoms with Gasteiger partial charge in [-0.1, -0.05) is 0 Å². The molecule has 0 unspecified atom stereocenters. The summed E-state index contributed by atoms with van der Waals surface area (Å²) in [7, 11) is 2.04. The van der Waals surface area contributed by atoms with Crippen LogP contribution in [0.25, 0.3) is 11.6 Å². The predicted octanol–water partition coefficient (Wildman–Crippen LogP) is 2.63. The van der Waals surface area contributed by atoms with Crippen LogP contribution in [0.3, 0.4) is 0 Å². The maximum absolute atomic E-state index is 5.33. The molecule has 23 heavy (non-hydrogen) atoms. The molecule has 0 saturated heterocycles. The number of aryl methyl sites for hydroxylation is 1. The lowest BCUT2D eigenvalue weighted by Gasteiger charge is -2.21. The number of aromatic nitrogens is 4. The molecule has 118 valence electrons. The molecule has 1 aliphatic carbocycles. The van der Waals surface area contributed by atoms with Crippen LogP contribution in [0.15, 0.2) is 47.6 Å². The van der Waals surface area contributed by atoms with Crippen molar-refractivity contribution in [2.45, 2.75) is 32.0 Å². The van der Waals surface area contributed by atoms with Crippen molar-refractivity contribution in [1.29, 1.82) is 0 Å². The smallest absolute Gasteiger partial charge is 0.195 e. The second-order valence-electron chi connectivity index (χ2n) is 5.98. The monoisotopic (exact) mass is 309 g/mol. The third-order valence-corrected chi connectivity index (χ3v) is 4.16. The Bertz CT molecular complexity index is 759. The summed E-state index contributed by atoms with van der Waals surface area (Å²) in [5, 5.41) is 0. The van der Waals surface area contributed by atoms with E-state index in [4.69, 9.17) is 4.42 Å². The fraction of sp³-hybridized carbons (Fsp3) is 0.353. The molecule has 0 spiro atoms. The quantitative estimate of drug-likeness (QED) is 0.700. The first-order valence-electron chi connectivity index (χ1n) is 7.84. The molecule has 0 radical (unpaired) electrons. The number of nitrogens with zero attached hydrogens (tertiary/aromatic N) is 5. The molecule has 1 fully saturated rings. The first-order chi connectivity index (χ1) is 11.3. The van der Waals surface area contributed by atoms with Crippen LogP contribution in [-0.4, -0.2) is 30.5 Å². The lowest BCUT2D eigenvalue weighted by atomic mass is 10.3. The molecule has 6 nitrogen and oxygen atoms in total. The van der Waals surface area contributed by atoms with Gasteiger partial charge in [-0.2, -0.15) is 0 Å². The lowest BCUT2D eigenvalue weighted by Crippen LogP contribution is -2.26. The Morgan fingerprint density at radius 1 is 1.22 bits per heavy atom. The molecular weight excluding hydrogens is 290 g/mol. The molecule has 6 heteroatoms. The second kappa shape index (κ2) is 5.96. The topological polar surface area (TPSA) is 60.0 Å². The van der Waals surface area contributed by atoms with Crippen molar-refractivity contribution in [1.82, 2.24) is 24.4 Å². The van der Waals surface area contributed by atoms with E-state index in [1.165, 1.54) is 12.8 Å².